The molecule has 2 atom stereocenters. The van der Waals surface area contributed by atoms with Crippen LogP contribution in [0.15, 0.2) is 35.6 Å². The Morgan fingerprint density at radius 3 is 2.58 bits per heavy atom. The lowest BCUT2D eigenvalue weighted by Gasteiger charge is -2.32. The standard InChI is InChI=1S/C18H23NO5/c1-4-5-10-23-17-11-16(18(12(2)20)13(3)24-17)14-6-8-15(9-7-14)19(21)22/h6-9,16-17H,4-5,10-11H2,1-3H3. The second kappa shape index (κ2) is 8.06. The van der Waals surface area contributed by atoms with Crippen LogP contribution in [0.1, 0.15) is 51.5 Å². The van der Waals surface area contributed by atoms with E-state index in [1.54, 1.807) is 19.1 Å². The fraction of sp³-hybridized carbons (Fsp3) is 0.500. The lowest BCUT2D eigenvalue weighted by atomic mass is 9.84. The van der Waals surface area contributed by atoms with E-state index in [4.69, 9.17) is 9.47 Å². The second-order valence-electron chi connectivity index (χ2n) is 5.93. The van der Waals surface area contributed by atoms with Gasteiger partial charge in [-0.25, -0.2) is 0 Å². The van der Waals surface area contributed by atoms with Gasteiger partial charge in [-0.05, 0) is 25.8 Å². The van der Waals surface area contributed by atoms with Crippen LogP contribution in [-0.2, 0) is 14.3 Å². The number of nitro groups is 1. The third kappa shape index (κ3) is 4.20. The summed E-state index contributed by atoms with van der Waals surface area (Å²) in [7, 11) is 0. The van der Waals surface area contributed by atoms with E-state index in [-0.39, 0.29) is 17.4 Å². The highest BCUT2D eigenvalue weighted by Gasteiger charge is 2.33. The van der Waals surface area contributed by atoms with Crippen LogP contribution in [0.5, 0.6) is 0 Å². The molecule has 6 nitrogen and oxygen atoms in total. The van der Waals surface area contributed by atoms with Crippen LogP contribution in [0.25, 0.3) is 0 Å². The number of nitro benzene ring substituents is 1. The Morgan fingerprint density at radius 1 is 1.38 bits per heavy atom. The van der Waals surface area contributed by atoms with E-state index >= 15 is 0 Å². The highest BCUT2D eigenvalue weighted by molar-refractivity contribution is 5.95. The summed E-state index contributed by atoms with van der Waals surface area (Å²) in [6, 6.07) is 6.33. The molecule has 0 amide bonds. The van der Waals surface area contributed by atoms with Crippen molar-refractivity contribution < 1.29 is 19.2 Å². The number of ketones is 1. The molecular weight excluding hydrogens is 310 g/mol. The molecule has 1 aromatic carbocycles. The third-order valence-corrected chi connectivity index (χ3v) is 4.15. The van der Waals surface area contributed by atoms with Gasteiger partial charge in [0.2, 0.25) is 0 Å². The molecule has 0 aliphatic carbocycles. The monoisotopic (exact) mass is 333 g/mol. The van der Waals surface area contributed by atoms with Crippen LogP contribution < -0.4 is 0 Å². The summed E-state index contributed by atoms with van der Waals surface area (Å²) in [5, 5.41) is 10.8. The zero-order valence-corrected chi connectivity index (χ0v) is 14.3. The van der Waals surface area contributed by atoms with Gasteiger partial charge in [0, 0.05) is 30.0 Å². The summed E-state index contributed by atoms with van der Waals surface area (Å²) in [6.07, 6.45) is 2.10. The van der Waals surface area contributed by atoms with Crippen LogP contribution in [0, 0.1) is 10.1 Å². The Hall–Kier alpha value is -2.21. The first-order valence-corrected chi connectivity index (χ1v) is 8.18. The lowest BCUT2D eigenvalue weighted by molar-refractivity contribution is -0.384. The van der Waals surface area contributed by atoms with Crippen molar-refractivity contribution in [3.8, 4) is 0 Å². The van der Waals surface area contributed by atoms with E-state index in [0.29, 0.717) is 24.4 Å². The molecule has 1 aromatic rings. The Balaban J connectivity index is 2.27. The van der Waals surface area contributed by atoms with E-state index in [9.17, 15) is 14.9 Å². The number of Topliss-reactive ketones (excluding diaryl/α,β-unsaturated/α-hetero) is 1. The number of ether oxygens (including phenoxy) is 2. The summed E-state index contributed by atoms with van der Waals surface area (Å²) in [6.45, 7) is 5.98. The van der Waals surface area contributed by atoms with Gasteiger partial charge in [-0.2, -0.15) is 0 Å². The smallest absolute Gasteiger partial charge is 0.269 e. The Kier molecular flexibility index (Phi) is 6.09. The quantitative estimate of drug-likeness (QED) is 0.426. The van der Waals surface area contributed by atoms with E-state index in [1.807, 2.05) is 0 Å². The van der Waals surface area contributed by atoms with Crippen molar-refractivity contribution in [1.29, 1.82) is 0 Å². The number of benzene rings is 1. The van der Waals surface area contributed by atoms with Crippen molar-refractivity contribution in [3.63, 3.8) is 0 Å². The van der Waals surface area contributed by atoms with Crippen LogP contribution in [0.4, 0.5) is 5.69 Å². The van der Waals surface area contributed by atoms with E-state index in [0.717, 1.165) is 18.4 Å². The van der Waals surface area contributed by atoms with Gasteiger partial charge in [-0.15, -0.1) is 0 Å². The van der Waals surface area contributed by atoms with E-state index in [1.165, 1.54) is 19.1 Å². The molecule has 2 rings (SSSR count). The maximum Gasteiger partial charge on any atom is 0.269 e. The number of non-ortho nitro benzene ring substituents is 1. The number of allylic oxidation sites excluding steroid dienone is 2. The highest BCUT2D eigenvalue weighted by Crippen LogP contribution is 2.38. The summed E-state index contributed by atoms with van der Waals surface area (Å²) in [5.41, 5.74) is 1.50. The molecule has 0 saturated carbocycles. The number of nitrogens with zero attached hydrogens (tertiary/aromatic N) is 1. The van der Waals surface area contributed by atoms with Crippen LogP contribution in [0.2, 0.25) is 0 Å². The summed E-state index contributed by atoms with van der Waals surface area (Å²) >= 11 is 0. The summed E-state index contributed by atoms with van der Waals surface area (Å²) < 4.78 is 11.5. The van der Waals surface area contributed by atoms with Gasteiger partial charge in [0.25, 0.3) is 5.69 Å². The normalized spacial score (nSPS) is 20.6. The number of rotatable bonds is 7. The molecule has 1 heterocycles. The average molecular weight is 333 g/mol. The minimum Gasteiger partial charge on any atom is -0.469 e. The van der Waals surface area contributed by atoms with Gasteiger partial charge < -0.3 is 9.47 Å². The molecule has 1 aliphatic rings. The van der Waals surface area contributed by atoms with Crippen molar-refractivity contribution in [2.75, 3.05) is 6.61 Å². The summed E-state index contributed by atoms with van der Waals surface area (Å²) in [4.78, 5) is 22.4. The molecule has 24 heavy (non-hydrogen) atoms. The Bertz CT molecular complexity index is 635. The van der Waals surface area contributed by atoms with Gasteiger partial charge in [0.1, 0.15) is 5.76 Å². The van der Waals surface area contributed by atoms with Gasteiger partial charge in [0.05, 0.1) is 11.5 Å². The Morgan fingerprint density at radius 2 is 2.04 bits per heavy atom. The van der Waals surface area contributed by atoms with Gasteiger partial charge >= 0.3 is 0 Å². The molecule has 0 radical (unpaired) electrons. The average Bonchev–Trinajstić information content (AvgIpc) is 2.54. The first kappa shape index (κ1) is 18.1. The molecule has 0 bridgehead atoms. The Labute approximate surface area is 141 Å². The van der Waals surface area contributed by atoms with Crippen LogP contribution in [-0.4, -0.2) is 23.6 Å². The minimum absolute atomic E-state index is 0.0339. The van der Waals surface area contributed by atoms with Gasteiger partial charge in [-0.3, -0.25) is 14.9 Å². The lowest BCUT2D eigenvalue weighted by Crippen LogP contribution is -2.29. The predicted molar refractivity (Wildman–Crippen MR) is 89.6 cm³/mol. The van der Waals surface area contributed by atoms with Crippen molar-refractivity contribution in [1.82, 2.24) is 0 Å². The third-order valence-electron chi connectivity index (χ3n) is 4.15. The second-order valence-corrected chi connectivity index (χ2v) is 5.93. The van der Waals surface area contributed by atoms with Crippen molar-refractivity contribution in [3.05, 3.63) is 51.3 Å². The molecule has 0 fully saturated rings. The predicted octanol–water partition coefficient (Wildman–Crippen LogP) is 4.10. The SMILES string of the molecule is CCCCOC1CC(c2ccc([N+](=O)[O-])cc2)C(C(C)=O)=C(C)O1. The van der Waals surface area contributed by atoms with Crippen molar-refractivity contribution in [2.24, 2.45) is 0 Å². The number of unbranched alkanes of at least 4 members (excludes halogenated alkanes) is 1. The van der Waals surface area contributed by atoms with E-state index in [2.05, 4.69) is 6.92 Å². The number of hydrogen-bond donors (Lipinski definition) is 0. The molecular formula is C18H23NO5. The molecule has 0 saturated heterocycles. The number of carbonyl (C=O) groups excluding carboxylic acids is 1. The first-order chi connectivity index (χ1) is 11.4. The van der Waals surface area contributed by atoms with Crippen molar-refractivity contribution >= 4 is 11.5 Å². The zero-order chi connectivity index (χ0) is 17.7. The van der Waals surface area contributed by atoms with Crippen LogP contribution >= 0.6 is 0 Å². The molecule has 130 valence electrons. The molecule has 0 aromatic heterocycles. The van der Waals surface area contributed by atoms with Crippen LogP contribution in [0.3, 0.4) is 0 Å². The minimum atomic E-state index is -0.433. The molecule has 6 heteroatoms. The van der Waals surface area contributed by atoms with Crippen molar-refractivity contribution in [2.45, 2.75) is 52.2 Å². The first-order valence-electron chi connectivity index (χ1n) is 8.18. The fourth-order valence-corrected chi connectivity index (χ4v) is 2.95. The molecule has 2 unspecified atom stereocenters. The maximum absolute atomic E-state index is 12.0. The van der Waals surface area contributed by atoms with Gasteiger partial charge in [0.15, 0.2) is 12.1 Å². The highest BCUT2D eigenvalue weighted by atomic mass is 16.7. The number of carbonyl (C=O) groups is 1. The topological polar surface area (TPSA) is 78.7 Å². The number of hydrogen-bond acceptors (Lipinski definition) is 5. The van der Waals surface area contributed by atoms with Gasteiger partial charge in [-0.1, -0.05) is 25.5 Å². The largest absolute Gasteiger partial charge is 0.469 e. The maximum atomic E-state index is 12.0. The summed E-state index contributed by atoms with van der Waals surface area (Å²) in [5.74, 6) is 0.338. The fourth-order valence-electron chi connectivity index (χ4n) is 2.95. The molecule has 1 aliphatic heterocycles. The molecule has 0 spiro atoms. The van der Waals surface area contributed by atoms with E-state index < -0.39 is 11.2 Å². The molecule has 0 N–H and O–H groups in total. The zero-order valence-electron chi connectivity index (χ0n) is 14.3.